The summed E-state index contributed by atoms with van der Waals surface area (Å²) in [6.07, 6.45) is 5.24. The van der Waals surface area contributed by atoms with Crippen LogP contribution in [0.5, 0.6) is 0 Å². The molecule has 0 bridgehead atoms. The van der Waals surface area contributed by atoms with E-state index in [0.717, 1.165) is 6.29 Å². The second kappa shape index (κ2) is 8.23. The summed E-state index contributed by atoms with van der Waals surface area (Å²) in [4.78, 5) is 11.3. The highest BCUT2D eigenvalue weighted by molar-refractivity contribution is 6.74. The fourth-order valence-corrected chi connectivity index (χ4v) is 3.67. The zero-order valence-electron chi connectivity index (χ0n) is 16.9. The normalized spacial score (nSPS) is 15.9. The van der Waals surface area contributed by atoms with E-state index in [2.05, 4.69) is 67.7 Å². The van der Waals surface area contributed by atoms with Crippen LogP contribution in [0.2, 0.25) is 36.3 Å². The summed E-state index contributed by atoms with van der Waals surface area (Å²) in [5, 5.41) is 0.334. The van der Waals surface area contributed by atoms with E-state index in [9.17, 15) is 4.79 Å². The molecule has 0 N–H and O–H groups in total. The van der Waals surface area contributed by atoms with E-state index in [0.29, 0.717) is 13.0 Å². The second-order valence-electron chi connectivity index (χ2n) is 9.33. The lowest BCUT2D eigenvalue weighted by Crippen LogP contribution is -2.44. The van der Waals surface area contributed by atoms with Crippen molar-refractivity contribution in [1.29, 1.82) is 0 Å². The molecule has 0 fully saturated rings. The van der Waals surface area contributed by atoms with Gasteiger partial charge in [0.2, 0.25) is 0 Å². The summed E-state index contributed by atoms with van der Waals surface area (Å²) in [7, 11) is -3.60. The van der Waals surface area contributed by atoms with Crippen molar-refractivity contribution >= 4 is 22.9 Å². The number of hydrogen-bond acceptors (Lipinski definition) is 3. The Hall–Kier alpha value is -0.236. The van der Waals surface area contributed by atoms with Crippen LogP contribution in [-0.2, 0) is 13.6 Å². The maximum Gasteiger partial charge on any atom is 0.193 e. The van der Waals surface area contributed by atoms with Gasteiger partial charge in [0.15, 0.2) is 16.6 Å². The predicted octanol–water partition coefficient (Wildman–Crippen LogP) is 5.54. The molecule has 0 aliphatic carbocycles. The highest BCUT2D eigenvalue weighted by atomic mass is 28.4. The fourth-order valence-electron chi connectivity index (χ4n) is 1.46. The molecule has 0 amide bonds. The molecule has 0 aromatic rings. The van der Waals surface area contributed by atoms with Crippen LogP contribution in [0.15, 0.2) is 12.2 Å². The number of carbonyl (C=O) groups excluding carboxylic acids is 1. The molecule has 0 heterocycles. The van der Waals surface area contributed by atoms with Crippen molar-refractivity contribution in [1.82, 2.24) is 0 Å². The smallest absolute Gasteiger partial charge is 0.193 e. The van der Waals surface area contributed by atoms with Gasteiger partial charge >= 0.3 is 0 Å². The molecule has 5 heteroatoms. The average molecular weight is 359 g/mol. The van der Waals surface area contributed by atoms with Gasteiger partial charge in [0.05, 0.1) is 6.61 Å². The molecule has 0 aliphatic rings. The van der Waals surface area contributed by atoms with E-state index >= 15 is 0 Å². The van der Waals surface area contributed by atoms with Gasteiger partial charge in [0.25, 0.3) is 0 Å². The third-order valence-electron chi connectivity index (χ3n) is 5.29. The summed E-state index contributed by atoms with van der Waals surface area (Å²) < 4.78 is 12.2. The van der Waals surface area contributed by atoms with Crippen LogP contribution in [0.1, 0.15) is 48.0 Å². The Labute approximate surface area is 146 Å². The molecule has 0 rings (SSSR count). The topological polar surface area (TPSA) is 35.5 Å². The van der Waals surface area contributed by atoms with Crippen LogP contribution in [0.25, 0.3) is 0 Å². The van der Waals surface area contributed by atoms with Crippen molar-refractivity contribution in [3.05, 3.63) is 12.2 Å². The summed E-state index contributed by atoms with van der Waals surface area (Å²) >= 11 is 0. The first-order valence-electron chi connectivity index (χ1n) is 8.56. The molecule has 0 aliphatic heterocycles. The highest BCUT2D eigenvalue weighted by Crippen LogP contribution is 2.38. The number of carbonyl (C=O) groups is 1. The van der Waals surface area contributed by atoms with Gasteiger partial charge in [-0.15, -0.1) is 0 Å². The summed E-state index contributed by atoms with van der Waals surface area (Å²) in [5.41, 5.74) is 0. The van der Waals surface area contributed by atoms with Crippen LogP contribution in [0.3, 0.4) is 0 Å². The molecule has 0 aromatic heterocycles. The van der Waals surface area contributed by atoms with E-state index in [-0.39, 0.29) is 16.2 Å². The van der Waals surface area contributed by atoms with Gasteiger partial charge in [0, 0.05) is 0 Å². The maximum atomic E-state index is 11.3. The number of rotatable bonds is 8. The Kier molecular flexibility index (Phi) is 8.15. The first-order chi connectivity index (χ1) is 10.1. The predicted molar refractivity (Wildman–Crippen MR) is 105 cm³/mol. The van der Waals surface area contributed by atoms with Gasteiger partial charge in [-0.3, -0.25) is 0 Å². The Morgan fingerprint density at radius 1 is 0.870 bits per heavy atom. The molecular formula is C18H38O3Si2. The zero-order valence-corrected chi connectivity index (χ0v) is 18.9. The van der Waals surface area contributed by atoms with Crippen LogP contribution in [-0.4, -0.2) is 35.6 Å². The molecule has 136 valence electrons. The van der Waals surface area contributed by atoms with E-state index in [1.807, 2.05) is 12.2 Å². The molecule has 0 aromatic carbocycles. The summed E-state index contributed by atoms with van der Waals surface area (Å²) in [6, 6.07) is 0. The average Bonchev–Trinajstić information content (AvgIpc) is 2.33. The van der Waals surface area contributed by atoms with Crippen molar-refractivity contribution in [2.45, 2.75) is 90.3 Å². The largest absolute Gasteiger partial charge is 0.413 e. The van der Waals surface area contributed by atoms with E-state index in [4.69, 9.17) is 8.85 Å². The van der Waals surface area contributed by atoms with Crippen molar-refractivity contribution in [2.24, 2.45) is 0 Å². The van der Waals surface area contributed by atoms with E-state index in [1.54, 1.807) is 0 Å². The highest BCUT2D eigenvalue weighted by Gasteiger charge is 2.39. The molecule has 1 atom stereocenters. The lowest BCUT2D eigenvalue weighted by atomic mass is 10.2. The minimum absolute atomic E-state index is 0.115. The third kappa shape index (κ3) is 7.46. The fraction of sp³-hybridized carbons (Fsp3) is 0.833. The number of aldehydes is 1. The first kappa shape index (κ1) is 22.8. The Morgan fingerprint density at radius 3 is 1.74 bits per heavy atom. The van der Waals surface area contributed by atoms with Crippen molar-refractivity contribution in [3.63, 3.8) is 0 Å². The van der Waals surface area contributed by atoms with Gasteiger partial charge in [-0.2, -0.15) is 0 Å². The molecule has 0 unspecified atom stereocenters. The molecule has 3 nitrogen and oxygen atoms in total. The monoisotopic (exact) mass is 358 g/mol. The quantitative estimate of drug-likeness (QED) is 0.324. The zero-order chi connectivity index (χ0) is 18.5. The molecule has 23 heavy (non-hydrogen) atoms. The van der Waals surface area contributed by atoms with Gasteiger partial charge in [0.1, 0.15) is 12.4 Å². The van der Waals surface area contributed by atoms with Crippen LogP contribution in [0, 0.1) is 0 Å². The minimum atomic E-state index is -1.90. The third-order valence-corrected chi connectivity index (χ3v) is 14.3. The van der Waals surface area contributed by atoms with Crippen LogP contribution in [0.4, 0.5) is 0 Å². The Bertz CT molecular complexity index is 401. The van der Waals surface area contributed by atoms with Crippen molar-refractivity contribution in [2.75, 3.05) is 6.61 Å². The molecule has 0 saturated heterocycles. The van der Waals surface area contributed by atoms with Gasteiger partial charge in [-0.1, -0.05) is 53.7 Å². The summed E-state index contributed by atoms with van der Waals surface area (Å²) in [5.74, 6) is 0. The summed E-state index contributed by atoms with van der Waals surface area (Å²) in [6.45, 7) is 22.7. The molecular weight excluding hydrogens is 320 g/mol. The van der Waals surface area contributed by atoms with E-state index in [1.165, 1.54) is 0 Å². The molecule has 0 saturated carbocycles. The Morgan fingerprint density at radius 2 is 1.35 bits per heavy atom. The second-order valence-corrected chi connectivity index (χ2v) is 18.9. The van der Waals surface area contributed by atoms with Gasteiger partial charge in [-0.05, 0) is 42.7 Å². The van der Waals surface area contributed by atoms with Gasteiger partial charge < -0.3 is 13.6 Å². The lowest BCUT2D eigenvalue weighted by Gasteiger charge is -2.37. The first-order valence-corrected chi connectivity index (χ1v) is 14.4. The van der Waals surface area contributed by atoms with Crippen molar-refractivity contribution < 1.29 is 13.6 Å². The number of hydrogen-bond donors (Lipinski definition) is 0. The minimum Gasteiger partial charge on any atom is -0.413 e. The van der Waals surface area contributed by atoms with Crippen molar-refractivity contribution in [3.8, 4) is 0 Å². The van der Waals surface area contributed by atoms with Crippen LogP contribution < -0.4 is 0 Å². The Balaban J connectivity index is 4.46. The van der Waals surface area contributed by atoms with Gasteiger partial charge in [-0.25, -0.2) is 0 Å². The SMILES string of the molecule is CC(C)(C)[Si](C)(C)OC/C=C\C[C@H](C=O)O[Si](C)(C)C(C)(C)C. The van der Waals surface area contributed by atoms with Crippen LogP contribution >= 0.6 is 0 Å². The molecule has 0 spiro atoms. The molecule has 0 radical (unpaired) electrons. The maximum absolute atomic E-state index is 11.3. The standard InChI is InChI=1S/C18H38O3Si2/c1-17(2,3)22(7,8)20-14-12-11-13-16(15-19)21-23(9,10)18(4,5)6/h11-12,15-16H,13-14H2,1-10H3/b12-11-/t16-/m1/s1. The van der Waals surface area contributed by atoms with E-state index < -0.39 is 16.6 Å². The lowest BCUT2D eigenvalue weighted by molar-refractivity contribution is -0.114.